The molecule has 1 heterocycles. The van der Waals surface area contributed by atoms with Crippen LogP contribution >= 0.6 is 0 Å². The largest absolute Gasteiger partial charge is 0.481 e. The zero-order chi connectivity index (χ0) is 20.8. The number of benzene rings is 1. The fraction of sp³-hybridized carbons (Fsp3) is 0.450. The van der Waals surface area contributed by atoms with Gasteiger partial charge in [-0.05, 0) is 30.0 Å². The lowest BCUT2D eigenvalue weighted by atomic mass is 9.86. The number of cyclic esters (lactones) is 1. The number of esters is 1. The smallest absolute Gasteiger partial charge is 0.413 e. The molecule has 1 saturated heterocycles. The highest BCUT2D eigenvalue weighted by Gasteiger charge is 2.80. The van der Waals surface area contributed by atoms with Crippen molar-refractivity contribution in [2.75, 3.05) is 13.3 Å². The van der Waals surface area contributed by atoms with Gasteiger partial charge in [0.15, 0.2) is 12.3 Å². The summed E-state index contributed by atoms with van der Waals surface area (Å²) in [5, 5.41) is 9.50. The van der Waals surface area contributed by atoms with Crippen LogP contribution in [-0.4, -0.2) is 53.0 Å². The SMILES string of the molecule is C=CCOC(=O)N1COC(=O)[C@]12[C@H]1[C@@H](C[C@H]2OCc2ccc(F)cc2)[C@@H]1C(=O)O. The Labute approximate surface area is 165 Å². The molecule has 0 unspecified atom stereocenters. The van der Waals surface area contributed by atoms with Gasteiger partial charge in [-0.3, -0.25) is 9.69 Å². The molecule has 3 aliphatic rings. The number of carbonyl (C=O) groups is 3. The molecule has 2 saturated carbocycles. The lowest BCUT2D eigenvalue weighted by molar-refractivity contribution is -0.152. The first-order valence-electron chi connectivity index (χ1n) is 9.22. The summed E-state index contributed by atoms with van der Waals surface area (Å²) in [6, 6.07) is 5.70. The maximum absolute atomic E-state index is 13.1. The first-order chi connectivity index (χ1) is 13.9. The van der Waals surface area contributed by atoms with Crippen molar-refractivity contribution < 1.29 is 38.1 Å². The lowest BCUT2D eigenvalue weighted by Crippen LogP contribution is -2.60. The van der Waals surface area contributed by atoms with Crippen LogP contribution in [0.15, 0.2) is 36.9 Å². The summed E-state index contributed by atoms with van der Waals surface area (Å²) >= 11 is 0. The number of hydrogen-bond acceptors (Lipinski definition) is 6. The Balaban J connectivity index is 1.61. The Bertz CT molecular complexity index is 857. The van der Waals surface area contributed by atoms with Gasteiger partial charge in [0.05, 0.1) is 18.6 Å². The van der Waals surface area contributed by atoms with Gasteiger partial charge in [0, 0.05) is 5.92 Å². The molecule has 4 rings (SSSR count). The van der Waals surface area contributed by atoms with Crippen LogP contribution < -0.4 is 0 Å². The highest BCUT2D eigenvalue weighted by Crippen LogP contribution is 2.66. The molecule has 1 amide bonds. The van der Waals surface area contributed by atoms with Gasteiger partial charge in [0.1, 0.15) is 12.4 Å². The van der Waals surface area contributed by atoms with E-state index in [0.29, 0.717) is 12.0 Å². The summed E-state index contributed by atoms with van der Waals surface area (Å²) in [5.41, 5.74) is -0.865. The van der Waals surface area contributed by atoms with Crippen LogP contribution in [0.3, 0.4) is 0 Å². The Morgan fingerprint density at radius 2 is 2.10 bits per heavy atom. The van der Waals surface area contributed by atoms with Crippen molar-refractivity contribution in [1.82, 2.24) is 4.90 Å². The van der Waals surface area contributed by atoms with Crippen LogP contribution in [0.2, 0.25) is 0 Å². The third-order valence-electron chi connectivity index (χ3n) is 5.95. The fourth-order valence-corrected chi connectivity index (χ4v) is 4.71. The van der Waals surface area contributed by atoms with Crippen molar-refractivity contribution in [3.05, 3.63) is 48.3 Å². The van der Waals surface area contributed by atoms with E-state index in [0.717, 1.165) is 4.90 Å². The second kappa shape index (κ2) is 7.14. The Morgan fingerprint density at radius 3 is 2.76 bits per heavy atom. The molecule has 0 bridgehead atoms. The molecule has 2 aliphatic carbocycles. The minimum absolute atomic E-state index is 0.0584. The number of amides is 1. The van der Waals surface area contributed by atoms with Crippen molar-refractivity contribution in [3.8, 4) is 0 Å². The van der Waals surface area contributed by atoms with Gasteiger partial charge in [-0.15, -0.1) is 0 Å². The molecule has 154 valence electrons. The van der Waals surface area contributed by atoms with E-state index in [2.05, 4.69) is 6.58 Å². The summed E-state index contributed by atoms with van der Waals surface area (Å²) < 4.78 is 29.3. The van der Waals surface area contributed by atoms with Gasteiger partial charge in [-0.1, -0.05) is 24.8 Å². The van der Waals surface area contributed by atoms with Crippen molar-refractivity contribution in [3.63, 3.8) is 0 Å². The summed E-state index contributed by atoms with van der Waals surface area (Å²) in [6.07, 6.45) is 0.135. The molecule has 1 aromatic carbocycles. The average molecular weight is 405 g/mol. The quantitative estimate of drug-likeness (QED) is 0.570. The topological polar surface area (TPSA) is 102 Å². The number of hydrogen-bond donors (Lipinski definition) is 1. The van der Waals surface area contributed by atoms with Crippen LogP contribution in [0, 0.1) is 23.6 Å². The van der Waals surface area contributed by atoms with Gasteiger partial charge < -0.3 is 19.3 Å². The van der Waals surface area contributed by atoms with E-state index in [1.807, 2.05) is 0 Å². The molecule has 1 aromatic rings. The standard InChI is InChI=1S/C20H20FNO7/c1-2-7-27-19(26)22-10-29-18(25)20(22)14(8-13-15(16(13)20)17(23)24)28-9-11-3-5-12(21)6-4-11/h2-6,13-16H,1,7-10H2,(H,23,24)/t13-,14+,15-,16-,20-/m0/s1. The number of carbonyl (C=O) groups excluding carboxylic acids is 2. The molecule has 8 nitrogen and oxygen atoms in total. The average Bonchev–Trinajstić information content (AvgIpc) is 3.19. The molecule has 0 aromatic heterocycles. The lowest BCUT2D eigenvalue weighted by Gasteiger charge is -2.37. The number of ether oxygens (including phenoxy) is 3. The van der Waals surface area contributed by atoms with Crippen LogP contribution in [0.4, 0.5) is 9.18 Å². The first-order valence-corrected chi connectivity index (χ1v) is 9.22. The van der Waals surface area contributed by atoms with Crippen LogP contribution in [0.25, 0.3) is 0 Å². The first kappa shape index (κ1) is 19.4. The second-order valence-corrected chi connectivity index (χ2v) is 7.40. The minimum Gasteiger partial charge on any atom is -0.481 e. The van der Waals surface area contributed by atoms with Crippen LogP contribution in [0.5, 0.6) is 0 Å². The highest BCUT2D eigenvalue weighted by atomic mass is 19.1. The number of halogens is 1. The predicted octanol–water partition coefficient (Wildman–Crippen LogP) is 1.94. The van der Waals surface area contributed by atoms with E-state index in [9.17, 15) is 23.9 Å². The summed E-state index contributed by atoms with van der Waals surface area (Å²) in [6.45, 7) is 3.17. The van der Waals surface area contributed by atoms with E-state index in [-0.39, 0.29) is 31.7 Å². The van der Waals surface area contributed by atoms with Crippen LogP contribution in [0.1, 0.15) is 12.0 Å². The normalized spacial score (nSPS) is 32.0. The van der Waals surface area contributed by atoms with Crippen LogP contribution in [-0.2, 0) is 30.4 Å². The Kier molecular flexibility index (Phi) is 4.77. The Morgan fingerprint density at radius 1 is 1.38 bits per heavy atom. The van der Waals surface area contributed by atoms with E-state index < -0.39 is 41.5 Å². The molecule has 9 heteroatoms. The monoisotopic (exact) mass is 405 g/mol. The number of carboxylic acids is 1. The number of nitrogens with zero attached hydrogens (tertiary/aromatic N) is 1. The van der Waals surface area contributed by atoms with Gasteiger partial charge in [-0.25, -0.2) is 14.0 Å². The van der Waals surface area contributed by atoms with Gasteiger partial charge in [0.25, 0.3) is 0 Å². The molecular formula is C20H20FNO7. The Hall–Kier alpha value is -2.94. The molecule has 3 fully saturated rings. The molecule has 29 heavy (non-hydrogen) atoms. The predicted molar refractivity (Wildman–Crippen MR) is 94.8 cm³/mol. The third-order valence-corrected chi connectivity index (χ3v) is 5.95. The molecule has 1 N–H and O–H groups in total. The number of aliphatic carboxylic acids is 1. The minimum atomic E-state index is -1.55. The second-order valence-electron chi connectivity index (χ2n) is 7.40. The molecule has 1 aliphatic heterocycles. The van der Waals surface area contributed by atoms with Crippen molar-refractivity contribution in [2.24, 2.45) is 17.8 Å². The van der Waals surface area contributed by atoms with Crippen molar-refractivity contribution >= 4 is 18.0 Å². The van der Waals surface area contributed by atoms with Gasteiger partial charge >= 0.3 is 18.0 Å². The molecule has 0 radical (unpaired) electrons. The number of rotatable bonds is 6. The maximum atomic E-state index is 13.1. The highest BCUT2D eigenvalue weighted by molar-refractivity contribution is 5.93. The van der Waals surface area contributed by atoms with Gasteiger partial charge in [0.2, 0.25) is 0 Å². The summed E-state index contributed by atoms with van der Waals surface area (Å²) in [7, 11) is 0. The van der Waals surface area contributed by atoms with Crippen molar-refractivity contribution in [2.45, 2.75) is 24.7 Å². The zero-order valence-corrected chi connectivity index (χ0v) is 15.5. The number of fused-ring (bicyclic) bond motifs is 2. The molecule has 1 spiro atoms. The van der Waals surface area contributed by atoms with E-state index in [1.54, 1.807) is 12.1 Å². The van der Waals surface area contributed by atoms with Crippen molar-refractivity contribution in [1.29, 1.82) is 0 Å². The number of carboxylic acid groups (broad SMARTS) is 1. The molecule has 5 atom stereocenters. The van der Waals surface area contributed by atoms with E-state index in [4.69, 9.17) is 14.2 Å². The van der Waals surface area contributed by atoms with E-state index in [1.165, 1.54) is 18.2 Å². The van der Waals surface area contributed by atoms with Gasteiger partial charge in [-0.2, -0.15) is 0 Å². The van der Waals surface area contributed by atoms with E-state index >= 15 is 0 Å². The molecular weight excluding hydrogens is 385 g/mol. The summed E-state index contributed by atoms with van der Waals surface area (Å²) in [4.78, 5) is 38.2. The third kappa shape index (κ3) is 2.96. The fourth-order valence-electron chi connectivity index (χ4n) is 4.71. The zero-order valence-electron chi connectivity index (χ0n) is 15.5. The maximum Gasteiger partial charge on any atom is 0.413 e. The summed E-state index contributed by atoms with van der Waals surface area (Å²) in [5.74, 6) is -3.74.